The molecule has 0 heterocycles. The monoisotopic (exact) mass is 166 g/mol. The van der Waals surface area contributed by atoms with Crippen LogP contribution in [0.4, 0.5) is 0 Å². The van der Waals surface area contributed by atoms with Crippen LogP contribution in [-0.4, -0.2) is 12.1 Å². The van der Waals surface area contributed by atoms with Crippen molar-refractivity contribution < 1.29 is 9.53 Å². The Morgan fingerprint density at radius 3 is 2.83 bits per heavy atom. The van der Waals surface area contributed by atoms with E-state index in [1.54, 1.807) is 0 Å². The maximum absolute atomic E-state index is 10.3. The third-order valence-electron chi connectivity index (χ3n) is 3.73. The third kappa shape index (κ3) is 0.680. The van der Waals surface area contributed by atoms with E-state index in [-0.39, 0.29) is 11.0 Å². The van der Waals surface area contributed by atoms with Crippen LogP contribution in [0.3, 0.4) is 0 Å². The molecule has 2 heteroatoms. The summed E-state index contributed by atoms with van der Waals surface area (Å²) in [6, 6.07) is 0. The molecule has 12 heavy (non-hydrogen) atoms. The van der Waals surface area contributed by atoms with Gasteiger partial charge in [-0.25, -0.2) is 0 Å². The van der Waals surface area contributed by atoms with Gasteiger partial charge < -0.3 is 4.74 Å². The molecule has 0 aliphatic heterocycles. The van der Waals surface area contributed by atoms with Crippen LogP contribution in [0.15, 0.2) is 12.2 Å². The van der Waals surface area contributed by atoms with Gasteiger partial charge in [0.2, 0.25) is 0 Å². The van der Waals surface area contributed by atoms with Crippen molar-refractivity contribution in [2.24, 2.45) is 11.3 Å². The number of hydrogen-bond acceptors (Lipinski definition) is 2. The van der Waals surface area contributed by atoms with E-state index in [9.17, 15) is 4.79 Å². The van der Waals surface area contributed by atoms with Crippen LogP contribution in [0.5, 0.6) is 0 Å². The highest BCUT2D eigenvalue weighted by Crippen LogP contribution is 2.60. The number of rotatable bonds is 2. The Morgan fingerprint density at radius 2 is 2.33 bits per heavy atom. The van der Waals surface area contributed by atoms with Crippen LogP contribution < -0.4 is 0 Å². The highest BCUT2D eigenvalue weighted by Gasteiger charge is 2.61. The highest BCUT2D eigenvalue weighted by atomic mass is 16.5. The molecule has 0 aromatic heterocycles. The van der Waals surface area contributed by atoms with E-state index < -0.39 is 0 Å². The van der Waals surface area contributed by atoms with Crippen LogP contribution in [0, 0.1) is 11.3 Å². The lowest BCUT2D eigenvalue weighted by atomic mass is 9.48. The standard InChI is InChI=1S/C10H14O2/c1-9(2)8-4-3-5-10(9,6-8)12-7-11/h3,5,7-8H,4,6H2,1-2H3. The fraction of sp³-hybridized carbons (Fsp3) is 0.700. The lowest BCUT2D eigenvalue weighted by Crippen LogP contribution is -2.62. The predicted molar refractivity (Wildman–Crippen MR) is 45.5 cm³/mol. The molecule has 0 amide bonds. The van der Waals surface area contributed by atoms with E-state index in [0.29, 0.717) is 12.4 Å². The van der Waals surface area contributed by atoms with Gasteiger partial charge in [-0.2, -0.15) is 0 Å². The molecule has 2 unspecified atom stereocenters. The summed E-state index contributed by atoms with van der Waals surface area (Å²) in [7, 11) is 0. The zero-order chi connectivity index (χ0) is 8.82. The van der Waals surface area contributed by atoms with E-state index in [1.807, 2.05) is 0 Å². The van der Waals surface area contributed by atoms with Crippen molar-refractivity contribution in [2.45, 2.75) is 32.3 Å². The second kappa shape index (κ2) is 2.12. The van der Waals surface area contributed by atoms with Crippen molar-refractivity contribution in [3.8, 4) is 0 Å². The highest BCUT2D eigenvalue weighted by molar-refractivity contribution is 5.42. The van der Waals surface area contributed by atoms with Gasteiger partial charge >= 0.3 is 0 Å². The molecule has 2 nitrogen and oxygen atoms in total. The Bertz CT molecular complexity index is 242. The topological polar surface area (TPSA) is 26.3 Å². The maximum Gasteiger partial charge on any atom is 0.293 e. The van der Waals surface area contributed by atoms with Crippen LogP contribution >= 0.6 is 0 Å². The first kappa shape index (κ1) is 7.84. The fourth-order valence-corrected chi connectivity index (χ4v) is 2.51. The van der Waals surface area contributed by atoms with E-state index in [0.717, 1.165) is 12.8 Å². The quantitative estimate of drug-likeness (QED) is 0.462. The van der Waals surface area contributed by atoms with Gasteiger partial charge in [-0.15, -0.1) is 0 Å². The van der Waals surface area contributed by atoms with Crippen molar-refractivity contribution in [1.82, 2.24) is 0 Å². The number of hydrogen-bond donors (Lipinski definition) is 0. The first-order valence-electron chi connectivity index (χ1n) is 4.41. The molecule has 3 aliphatic carbocycles. The van der Waals surface area contributed by atoms with Gasteiger partial charge in [-0.3, -0.25) is 4.79 Å². The summed E-state index contributed by atoms with van der Waals surface area (Å²) in [5, 5.41) is 0. The Labute approximate surface area is 72.6 Å². The number of carbonyl (C=O) groups excluding carboxylic acids is 1. The van der Waals surface area contributed by atoms with Crippen LogP contribution in [0.2, 0.25) is 0 Å². The minimum Gasteiger partial charge on any atom is -0.456 e. The SMILES string of the molecule is CC1(C)C2CC=CC1(OC=O)C2. The number of allylic oxidation sites excluding steroid dienone is 1. The summed E-state index contributed by atoms with van der Waals surface area (Å²) in [5.41, 5.74) is -0.139. The fourth-order valence-electron chi connectivity index (χ4n) is 2.51. The largest absolute Gasteiger partial charge is 0.456 e. The zero-order valence-corrected chi connectivity index (χ0v) is 7.54. The molecule has 0 N–H and O–H groups in total. The van der Waals surface area contributed by atoms with Crippen molar-refractivity contribution in [3.63, 3.8) is 0 Å². The molecule has 0 aromatic carbocycles. The average molecular weight is 166 g/mol. The number of carbonyl (C=O) groups is 1. The first-order chi connectivity index (χ1) is 5.62. The summed E-state index contributed by atoms with van der Waals surface area (Å²) in [4.78, 5) is 10.3. The molecule has 66 valence electrons. The van der Waals surface area contributed by atoms with Gasteiger partial charge in [0, 0.05) is 5.41 Å². The molecule has 0 radical (unpaired) electrons. The Morgan fingerprint density at radius 1 is 1.58 bits per heavy atom. The van der Waals surface area contributed by atoms with Crippen molar-refractivity contribution >= 4 is 6.47 Å². The molecule has 1 saturated carbocycles. The number of fused-ring (bicyclic) bond motifs is 1. The molecule has 2 bridgehead atoms. The second-order valence-electron chi connectivity index (χ2n) is 4.36. The van der Waals surface area contributed by atoms with Crippen molar-refractivity contribution in [2.75, 3.05) is 0 Å². The minimum absolute atomic E-state index is 0.142. The van der Waals surface area contributed by atoms with E-state index in [2.05, 4.69) is 26.0 Å². The summed E-state index contributed by atoms with van der Waals surface area (Å²) in [6.45, 7) is 4.93. The van der Waals surface area contributed by atoms with Crippen LogP contribution in [0.25, 0.3) is 0 Å². The first-order valence-corrected chi connectivity index (χ1v) is 4.41. The summed E-state index contributed by atoms with van der Waals surface area (Å²) in [6.07, 6.45) is 6.33. The van der Waals surface area contributed by atoms with Crippen LogP contribution in [-0.2, 0) is 9.53 Å². The van der Waals surface area contributed by atoms with Gasteiger partial charge in [-0.1, -0.05) is 19.9 Å². The van der Waals surface area contributed by atoms with E-state index in [1.165, 1.54) is 0 Å². The summed E-state index contributed by atoms with van der Waals surface area (Å²) in [5.74, 6) is 0.697. The molecular weight excluding hydrogens is 152 g/mol. The summed E-state index contributed by atoms with van der Waals surface area (Å²) < 4.78 is 5.18. The lowest BCUT2D eigenvalue weighted by Gasteiger charge is -2.60. The summed E-state index contributed by atoms with van der Waals surface area (Å²) >= 11 is 0. The average Bonchev–Trinajstić information content (AvgIpc) is 2.05. The van der Waals surface area contributed by atoms with E-state index >= 15 is 0 Å². The van der Waals surface area contributed by atoms with E-state index in [4.69, 9.17) is 4.74 Å². The smallest absolute Gasteiger partial charge is 0.293 e. The number of ether oxygens (including phenoxy) is 1. The molecule has 3 aliphatic rings. The Balaban J connectivity index is 2.30. The zero-order valence-electron chi connectivity index (χ0n) is 7.54. The van der Waals surface area contributed by atoms with Crippen LogP contribution in [0.1, 0.15) is 26.7 Å². The van der Waals surface area contributed by atoms with Crippen molar-refractivity contribution in [3.05, 3.63) is 12.2 Å². The second-order valence-corrected chi connectivity index (χ2v) is 4.36. The minimum atomic E-state index is -0.280. The van der Waals surface area contributed by atoms with Gasteiger partial charge in [0.15, 0.2) is 0 Å². The Hall–Kier alpha value is -0.790. The molecule has 1 fully saturated rings. The molecule has 0 spiro atoms. The molecule has 2 atom stereocenters. The molecule has 0 saturated heterocycles. The van der Waals surface area contributed by atoms with Gasteiger partial charge in [0.1, 0.15) is 5.60 Å². The molecule has 0 aromatic rings. The molecule has 3 rings (SSSR count). The van der Waals surface area contributed by atoms with Gasteiger partial charge in [0.25, 0.3) is 6.47 Å². The third-order valence-corrected chi connectivity index (χ3v) is 3.73. The predicted octanol–water partition coefficient (Wildman–Crippen LogP) is 1.90. The Kier molecular flexibility index (Phi) is 1.39. The van der Waals surface area contributed by atoms with Gasteiger partial charge in [0.05, 0.1) is 0 Å². The maximum atomic E-state index is 10.3. The normalized spacial score (nSPS) is 41.7. The molecular formula is C10H14O2. The van der Waals surface area contributed by atoms with Crippen molar-refractivity contribution in [1.29, 1.82) is 0 Å². The lowest BCUT2D eigenvalue weighted by molar-refractivity contribution is -0.196. The van der Waals surface area contributed by atoms with Gasteiger partial charge in [-0.05, 0) is 24.8 Å².